The van der Waals surface area contributed by atoms with Crippen LogP contribution >= 0.6 is 0 Å². The van der Waals surface area contributed by atoms with Gasteiger partial charge in [0.05, 0.1) is 12.6 Å². The largest absolute Gasteiger partial charge is 0.492 e. The molecule has 100 valence electrons. The summed E-state index contributed by atoms with van der Waals surface area (Å²) in [6.45, 7) is -0.907. The zero-order valence-electron chi connectivity index (χ0n) is 8.54. The molecular weight excluding hydrogens is 253 g/mol. The van der Waals surface area contributed by atoms with Crippen molar-refractivity contribution in [2.45, 2.75) is 25.1 Å². The van der Waals surface area contributed by atoms with E-state index >= 15 is 0 Å². The van der Waals surface area contributed by atoms with Crippen molar-refractivity contribution in [1.82, 2.24) is 5.06 Å². The zero-order chi connectivity index (χ0) is 13.1. The lowest BCUT2D eigenvalue weighted by molar-refractivity contribution is -0.236. The van der Waals surface area contributed by atoms with Gasteiger partial charge >= 0.3 is 12.1 Å². The van der Waals surface area contributed by atoms with E-state index in [-0.39, 0.29) is 19.5 Å². The van der Waals surface area contributed by atoms with E-state index in [9.17, 15) is 26.7 Å². The van der Waals surface area contributed by atoms with Gasteiger partial charge < -0.3 is 9.57 Å². The summed E-state index contributed by atoms with van der Waals surface area (Å²) in [7, 11) is 0. The van der Waals surface area contributed by atoms with E-state index in [0.717, 1.165) is 5.06 Å². The normalized spacial score (nSPS) is 22.1. The average molecular weight is 263 g/mol. The molecule has 1 aliphatic rings. The highest BCUT2D eigenvalue weighted by Crippen LogP contribution is 2.20. The molecule has 0 spiro atoms. The number of nitrogens with zero attached hydrogens (tertiary/aromatic N) is 1. The van der Waals surface area contributed by atoms with Crippen molar-refractivity contribution < 1.29 is 36.3 Å². The molecule has 0 aromatic heterocycles. The molecular formula is C8H10F5NO3. The maximum Gasteiger partial charge on any atom is 0.492 e. The third-order valence-corrected chi connectivity index (χ3v) is 2.01. The van der Waals surface area contributed by atoms with E-state index in [1.807, 2.05) is 0 Å². The third-order valence-electron chi connectivity index (χ3n) is 2.01. The minimum atomic E-state index is -5.07. The van der Waals surface area contributed by atoms with Gasteiger partial charge in [0.1, 0.15) is 6.61 Å². The molecule has 1 heterocycles. The molecule has 1 rings (SSSR count). The Kier molecular flexibility index (Phi) is 4.63. The summed E-state index contributed by atoms with van der Waals surface area (Å²) in [5, 5.41) is 0.756. The molecule has 0 bridgehead atoms. The van der Waals surface area contributed by atoms with E-state index in [1.165, 1.54) is 0 Å². The SMILES string of the molecule is O=C(ON1CC[C@H](OCC(F)F)C1)C(F)(F)F. The van der Waals surface area contributed by atoms with E-state index in [0.29, 0.717) is 0 Å². The lowest BCUT2D eigenvalue weighted by Crippen LogP contribution is -2.34. The standard InChI is InChI=1S/C8H10F5NO3/c9-6(10)4-16-5-1-2-14(3-5)17-7(15)8(11,12)13/h5-6H,1-4H2/t5-/m0/s1. The van der Waals surface area contributed by atoms with Gasteiger partial charge in [-0.15, -0.1) is 5.06 Å². The Labute approximate surface area is 93.2 Å². The van der Waals surface area contributed by atoms with Crippen LogP contribution in [0.3, 0.4) is 0 Å². The Hall–Kier alpha value is -0.960. The Bertz CT molecular complexity index is 270. The van der Waals surface area contributed by atoms with Crippen molar-refractivity contribution in [2.75, 3.05) is 19.7 Å². The monoisotopic (exact) mass is 263 g/mol. The highest BCUT2D eigenvalue weighted by Gasteiger charge is 2.43. The molecule has 0 radical (unpaired) electrons. The Morgan fingerprint density at radius 2 is 2.06 bits per heavy atom. The first-order valence-electron chi connectivity index (χ1n) is 4.73. The van der Waals surface area contributed by atoms with Crippen LogP contribution in [0.4, 0.5) is 22.0 Å². The van der Waals surface area contributed by atoms with Crippen LogP contribution in [0.2, 0.25) is 0 Å². The number of carbonyl (C=O) groups is 1. The van der Waals surface area contributed by atoms with Gasteiger partial charge in [0, 0.05) is 6.54 Å². The Balaban J connectivity index is 2.29. The number of ether oxygens (including phenoxy) is 1. The highest BCUT2D eigenvalue weighted by atomic mass is 19.4. The number of alkyl halides is 5. The fraction of sp³-hybridized carbons (Fsp3) is 0.875. The van der Waals surface area contributed by atoms with Gasteiger partial charge in [-0.2, -0.15) is 13.2 Å². The molecule has 4 nitrogen and oxygen atoms in total. The van der Waals surface area contributed by atoms with E-state index in [4.69, 9.17) is 4.74 Å². The smallest absolute Gasteiger partial charge is 0.371 e. The van der Waals surface area contributed by atoms with Gasteiger partial charge in [-0.1, -0.05) is 0 Å². The average Bonchev–Trinajstić information content (AvgIpc) is 2.61. The molecule has 1 aliphatic heterocycles. The van der Waals surface area contributed by atoms with Gasteiger partial charge in [-0.25, -0.2) is 13.6 Å². The predicted octanol–water partition coefficient (Wildman–Crippen LogP) is 1.36. The van der Waals surface area contributed by atoms with Crippen molar-refractivity contribution in [1.29, 1.82) is 0 Å². The van der Waals surface area contributed by atoms with Crippen LogP contribution in [0.5, 0.6) is 0 Å². The molecule has 0 aliphatic carbocycles. The third kappa shape index (κ3) is 4.82. The molecule has 17 heavy (non-hydrogen) atoms. The summed E-state index contributed by atoms with van der Waals surface area (Å²) in [6, 6.07) is 0. The van der Waals surface area contributed by atoms with E-state index in [1.54, 1.807) is 0 Å². The van der Waals surface area contributed by atoms with Crippen molar-refractivity contribution in [2.24, 2.45) is 0 Å². The van der Waals surface area contributed by atoms with Crippen molar-refractivity contribution in [3.8, 4) is 0 Å². The van der Waals surface area contributed by atoms with Gasteiger partial charge in [0.2, 0.25) is 0 Å². The second kappa shape index (κ2) is 5.58. The summed E-state index contributed by atoms with van der Waals surface area (Å²) < 4.78 is 63.7. The summed E-state index contributed by atoms with van der Waals surface area (Å²) in [4.78, 5) is 14.5. The van der Waals surface area contributed by atoms with Gasteiger partial charge in [-0.05, 0) is 6.42 Å². The molecule has 0 aromatic carbocycles. The number of hydroxylamine groups is 2. The van der Waals surface area contributed by atoms with Crippen molar-refractivity contribution in [3.63, 3.8) is 0 Å². The van der Waals surface area contributed by atoms with Gasteiger partial charge in [-0.3, -0.25) is 0 Å². The molecule has 9 heteroatoms. The lowest BCUT2D eigenvalue weighted by Gasteiger charge is -2.16. The molecule has 0 N–H and O–H groups in total. The van der Waals surface area contributed by atoms with E-state index in [2.05, 4.69) is 4.84 Å². The van der Waals surface area contributed by atoms with Crippen molar-refractivity contribution in [3.05, 3.63) is 0 Å². The number of halogens is 5. The minimum absolute atomic E-state index is 0.0235. The van der Waals surface area contributed by atoms with Crippen molar-refractivity contribution >= 4 is 5.97 Å². The second-order valence-electron chi connectivity index (χ2n) is 3.40. The first kappa shape index (κ1) is 14.1. The quantitative estimate of drug-likeness (QED) is 0.718. The Morgan fingerprint density at radius 1 is 1.41 bits per heavy atom. The Morgan fingerprint density at radius 3 is 2.59 bits per heavy atom. The van der Waals surface area contributed by atoms with Gasteiger partial charge in [0.15, 0.2) is 0 Å². The van der Waals surface area contributed by atoms with Crippen LogP contribution in [0.1, 0.15) is 6.42 Å². The highest BCUT2D eigenvalue weighted by molar-refractivity contribution is 5.75. The number of hydrogen-bond acceptors (Lipinski definition) is 4. The molecule has 1 saturated heterocycles. The molecule has 0 unspecified atom stereocenters. The topological polar surface area (TPSA) is 38.8 Å². The van der Waals surface area contributed by atoms with Crippen LogP contribution in [0.25, 0.3) is 0 Å². The molecule has 1 fully saturated rings. The van der Waals surface area contributed by atoms with E-state index < -0.39 is 31.3 Å². The predicted molar refractivity (Wildman–Crippen MR) is 44.1 cm³/mol. The summed E-state index contributed by atoms with van der Waals surface area (Å²) in [5.41, 5.74) is 0. The van der Waals surface area contributed by atoms with Crippen LogP contribution < -0.4 is 0 Å². The van der Waals surface area contributed by atoms with Crippen LogP contribution in [-0.2, 0) is 14.4 Å². The minimum Gasteiger partial charge on any atom is -0.371 e. The molecule has 1 atom stereocenters. The zero-order valence-corrected chi connectivity index (χ0v) is 8.54. The first-order valence-corrected chi connectivity index (χ1v) is 4.73. The second-order valence-corrected chi connectivity index (χ2v) is 3.40. The lowest BCUT2D eigenvalue weighted by atomic mass is 10.3. The summed E-state index contributed by atoms with van der Waals surface area (Å²) >= 11 is 0. The number of rotatable bonds is 4. The fourth-order valence-corrected chi connectivity index (χ4v) is 1.29. The van der Waals surface area contributed by atoms with Crippen LogP contribution in [0, 0.1) is 0 Å². The summed E-state index contributed by atoms with van der Waals surface area (Å²) in [6.07, 6.45) is -8.12. The fourth-order valence-electron chi connectivity index (χ4n) is 1.29. The van der Waals surface area contributed by atoms with Gasteiger partial charge in [0.25, 0.3) is 6.43 Å². The number of hydrogen-bond donors (Lipinski definition) is 0. The summed E-state index contributed by atoms with van der Waals surface area (Å²) in [5.74, 6) is -2.33. The number of carbonyl (C=O) groups excluding carboxylic acids is 1. The molecule has 0 amide bonds. The van der Waals surface area contributed by atoms with Crippen LogP contribution in [0.15, 0.2) is 0 Å². The molecule has 0 saturated carbocycles. The van der Waals surface area contributed by atoms with Crippen LogP contribution in [-0.4, -0.2) is 49.4 Å². The first-order chi connectivity index (χ1) is 7.79. The maximum absolute atomic E-state index is 11.8. The molecule has 0 aromatic rings. The maximum atomic E-state index is 11.8.